The molecule has 134 valence electrons. The molecule has 4 heteroatoms. The van der Waals surface area contributed by atoms with Gasteiger partial charge in [0.25, 0.3) is 0 Å². The number of anilines is 1. The zero-order valence-corrected chi connectivity index (χ0v) is 14.9. The maximum atomic E-state index is 9.29. The van der Waals surface area contributed by atoms with Crippen LogP contribution in [0.1, 0.15) is 24.0 Å². The van der Waals surface area contributed by atoms with E-state index in [9.17, 15) is 5.11 Å². The molecule has 0 amide bonds. The molecule has 1 saturated heterocycles. The van der Waals surface area contributed by atoms with Gasteiger partial charge in [-0.3, -0.25) is 4.90 Å². The molecule has 0 saturated carbocycles. The Morgan fingerprint density at radius 1 is 1.04 bits per heavy atom. The van der Waals surface area contributed by atoms with Crippen LogP contribution in [0.15, 0.2) is 48.5 Å². The summed E-state index contributed by atoms with van der Waals surface area (Å²) in [6.45, 7) is 4.14. The third kappa shape index (κ3) is 4.74. The Bertz CT molecular complexity index is 666. The van der Waals surface area contributed by atoms with Crippen LogP contribution in [0, 0.1) is 5.92 Å². The minimum atomic E-state index is 0.324. The first-order chi connectivity index (χ1) is 12.3. The number of nitrogens with one attached hydrogen (secondary N) is 1. The lowest BCUT2D eigenvalue weighted by Crippen LogP contribution is -2.34. The Hall–Kier alpha value is -2.04. The van der Waals surface area contributed by atoms with Crippen molar-refractivity contribution in [2.75, 3.05) is 32.1 Å². The largest absolute Gasteiger partial charge is 0.496 e. The van der Waals surface area contributed by atoms with E-state index >= 15 is 0 Å². The summed E-state index contributed by atoms with van der Waals surface area (Å²) in [5.74, 6) is 1.40. The van der Waals surface area contributed by atoms with Gasteiger partial charge in [-0.2, -0.15) is 0 Å². The van der Waals surface area contributed by atoms with E-state index < -0.39 is 0 Å². The summed E-state index contributed by atoms with van der Waals surface area (Å²) in [7, 11) is 1.71. The van der Waals surface area contributed by atoms with E-state index in [0.717, 1.165) is 50.3 Å². The van der Waals surface area contributed by atoms with E-state index in [2.05, 4.69) is 40.5 Å². The van der Waals surface area contributed by atoms with Crippen LogP contribution in [0.25, 0.3) is 0 Å². The van der Waals surface area contributed by atoms with Crippen molar-refractivity contribution in [1.29, 1.82) is 0 Å². The van der Waals surface area contributed by atoms with Crippen molar-refractivity contribution in [3.63, 3.8) is 0 Å². The lowest BCUT2D eigenvalue weighted by atomic mass is 9.97. The maximum absolute atomic E-state index is 9.29. The molecule has 0 unspecified atom stereocenters. The summed E-state index contributed by atoms with van der Waals surface area (Å²) in [6, 6.07) is 16.6. The van der Waals surface area contributed by atoms with Crippen LogP contribution in [-0.4, -0.2) is 36.8 Å². The summed E-state index contributed by atoms with van der Waals surface area (Å²) in [6.07, 6.45) is 2.18. The molecule has 2 aromatic carbocycles. The summed E-state index contributed by atoms with van der Waals surface area (Å²) in [5.41, 5.74) is 3.65. The summed E-state index contributed by atoms with van der Waals surface area (Å²) in [5, 5.41) is 12.9. The van der Waals surface area contributed by atoms with Gasteiger partial charge in [-0.25, -0.2) is 0 Å². The fourth-order valence-corrected chi connectivity index (χ4v) is 3.44. The molecule has 0 spiro atoms. The molecular formula is C21H28N2O2. The molecule has 0 aliphatic carbocycles. The Labute approximate surface area is 150 Å². The van der Waals surface area contributed by atoms with Gasteiger partial charge in [0.15, 0.2) is 0 Å². The topological polar surface area (TPSA) is 44.7 Å². The van der Waals surface area contributed by atoms with Gasteiger partial charge in [-0.15, -0.1) is 0 Å². The Morgan fingerprint density at radius 3 is 2.44 bits per heavy atom. The third-order valence-electron chi connectivity index (χ3n) is 5.04. The number of aliphatic hydroxyl groups excluding tert-OH is 1. The Morgan fingerprint density at radius 2 is 1.72 bits per heavy atom. The average Bonchev–Trinajstić information content (AvgIpc) is 2.68. The second-order valence-electron chi connectivity index (χ2n) is 6.72. The predicted octanol–water partition coefficient (Wildman–Crippen LogP) is 3.51. The van der Waals surface area contributed by atoms with Crippen molar-refractivity contribution >= 4 is 5.69 Å². The second kappa shape index (κ2) is 8.88. The number of para-hydroxylation sites is 2. The lowest BCUT2D eigenvalue weighted by molar-refractivity contribution is 0.127. The molecule has 2 aromatic rings. The summed E-state index contributed by atoms with van der Waals surface area (Å²) >= 11 is 0. The number of aliphatic hydroxyl groups is 1. The van der Waals surface area contributed by atoms with Crippen molar-refractivity contribution in [3.8, 4) is 5.75 Å². The van der Waals surface area contributed by atoms with E-state index in [1.54, 1.807) is 7.11 Å². The minimum Gasteiger partial charge on any atom is -0.496 e. The molecule has 1 aliphatic rings. The van der Waals surface area contributed by atoms with Crippen LogP contribution >= 0.6 is 0 Å². The zero-order chi connectivity index (χ0) is 17.5. The van der Waals surface area contributed by atoms with Crippen LogP contribution < -0.4 is 10.1 Å². The molecule has 4 nitrogen and oxygen atoms in total. The van der Waals surface area contributed by atoms with Crippen molar-refractivity contribution in [2.45, 2.75) is 25.9 Å². The molecule has 0 atom stereocenters. The first-order valence-corrected chi connectivity index (χ1v) is 9.07. The molecule has 1 aliphatic heterocycles. The molecule has 2 N–H and O–H groups in total. The molecule has 3 rings (SSSR count). The maximum Gasteiger partial charge on any atom is 0.123 e. The van der Waals surface area contributed by atoms with Crippen molar-refractivity contribution in [3.05, 3.63) is 59.7 Å². The first kappa shape index (κ1) is 17.8. The highest BCUT2D eigenvalue weighted by Crippen LogP contribution is 2.24. The number of methoxy groups -OCH3 is 1. The summed E-state index contributed by atoms with van der Waals surface area (Å²) < 4.78 is 5.44. The van der Waals surface area contributed by atoms with Crippen LogP contribution in [0.5, 0.6) is 5.75 Å². The molecule has 0 radical (unpaired) electrons. The monoisotopic (exact) mass is 340 g/mol. The van der Waals surface area contributed by atoms with E-state index in [-0.39, 0.29) is 0 Å². The van der Waals surface area contributed by atoms with E-state index in [0.29, 0.717) is 12.5 Å². The van der Waals surface area contributed by atoms with E-state index in [1.165, 1.54) is 11.3 Å². The Balaban J connectivity index is 1.63. The highest BCUT2D eigenvalue weighted by Gasteiger charge is 2.19. The molecule has 0 aromatic heterocycles. The third-order valence-corrected chi connectivity index (χ3v) is 5.04. The van der Waals surface area contributed by atoms with E-state index in [1.807, 2.05) is 18.2 Å². The number of benzene rings is 2. The van der Waals surface area contributed by atoms with Crippen LogP contribution in [0.4, 0.5) is 5.69 Å². The standard InChI is InChI=1S/C21H28N2O2/c1-25-21-9-5-3-6-18(21)14-22-20-8-4-2-7-19(20)15-23-12-10-17(16-24)11-13-23/h2-9,17,22,24H,10-16H2,1H3. The van der Waals surface area contributed by atoms with Gasteiger partial charge in [0.2, 0.25) is 0 Å². The molecule has 0 bridgehead atoms. The summed E-state index contributed by atoms with van der Waals surface area (Å²) in [4.78, 5) is 2.48. The number of hydrogen-bond acceptors (Lipinski definition) is 4. The smallest absolute Gasteiger partial charge is 0.123 e. The lowest BCUT2D eigenvalue weighted by Gasteiger charge is -2.31. The highest BCUT2D eigenvalue weighted by atomic mass is 16.5. The molecule has 25 heavy (non-hydrogen) atoms. The minimum absolute atomic E-state index is 0.324. The van der Waals surface area contributed by atoms with Gasteiger partial charge in [0, 0.05) is 30.9 Å². The fraction of sp³-hybridized carbons (Fsp3) is 0.429. The molecular weight excluding hydrogens is 312 g/mol. The average molecular weight is 340 g/mol. The van der Waals surface area contributed by atoms with Crippen LogP contribution in [0.3, 0.4) is 0 Å². The van der Waals surface area contributed by atoms with Crippen LogP contribution in [-0.2, 0) is 13.1 Å². The quantitative estimate of drug-likeness (QED) is 0.810. The van der Waals surface area contributed by atoms with Gasteiger partial charge in [-0.1, -0.05) is 36.4 Å². The Kier molecular flexibility index (Phi) is 6.31. The number of likely N-dealkylation sites (tertiary alicyclic amines) is 1. The van der Waals surface area contributed by atoms with Gasteiger partial charge < -0.3 is 15.2 Å². The highest BCUT2D eigenvalue weighted by molar-refractivity contribution is 5.52. The predicted molar refractivity (Wildman–Crippen MR) is 102 cm³/mol. The number of nitrogens with zero attached hydrogens (tertiary/aromatic N) is 1. The fourth-order valence-electron chi connectivity index (χ4n) is 3.44. The molecule has 1 fully saturated rings. The number of piperidine rings is 1. The second-order valence-corrected chi connectivity index (χ2v) is 6.72. The van der Waals surface area contributed by atoms with Gasteiger partial charge in [0.05, 0.1) is 7.11 Å². The number of ether oxygens (including phenoxy) is 1. The number of hydrogen-bond donors (Lipinski definition) is 2. The molecule has 1 heterocycles. The number of rotatable bonds is 7. The van der Waals surface area contributed by atoms with Crippen molar-refractivity contribution in [1.82, 2.24) is 4.90 Å². The van der Waals surface area contributed by atoms with Gasteiger partial charge >= 0.3 is 0 Å². The zero-order valence-electron chi connectivity index (χ0n) is 14.9. The van der Waals surface area contributed by atoms with Crippen molar-refractivity contribution in [2.24, 2.45) is 5.92 Å². The normalized spacial score (nSPS) is 15.9. The van der Waals surface area contributed by atoms with Crippen LogP contribution in [0.2, 0.25) is 0 Å². The van der Waals surface area contributed by atoms with Gasteiger partial charge in [0.1, 0.15) is 5.75 Å². The van der Waals surface area contributed by atoms with Crippen molar-refractivity contribution < 1.29 is 9.84 Å². The SMILES string of the molecule is COc1ccccc1CNc1ccccc1CN1CCC(CO)CC1. The van der Waals surface area contributed by atoms with E-state index in [4.69, 9.17) is 4.74 Å². The first-order valence-electron chi connectivity index (χ1n) is 9.07. The van der Waals surface area contributed by atoms with Gasteiger partial charge in [-0.05, 0) is 49.5 Å².